The van der Waals surface area contributed by atoms with Gasteiger partial charge >= 0.3 is 5.97 Å². The number of carbonyl (C=O) groups excluding carboxylic acids is 3. The van der Waals surface area contributed by atoms with E-state index in [9.17, 15) is 14.4 Å². The van der Waals surface area contributed by atoms with Crippen molar-refractivity contribution < 1.29 is 19.1 Å². The molecule has 0 unspecified atom stereocenters. The summed E-state index contributed by atoms with van der Waals surface area (Å²) >= 11 is 0. The Morgan fingerprint density at radius 3 is 2.16 bits per heavy atom. The quantitative estimate of drug-likeness (QED) is 0.619. The number of esters is 1. The van der Waals surface area contributed by atoms with Gasteiger partial charge < -0.3 is 15.4 Å². The Morgan fingerprint density at radius 2 is 1.61 bits per heavy atom. The van der Waals surface area contributed by atoms with Crippen LogP contribution < -0.4 is 10.6 Å². The summed E-state index contributed by atoms with van der Waals surface area (Å²) in [5.74, 6) is 1.32. The Morgan fingerprint density at radius 1 is 1.03 bits per heavy atom. The lowest BCUT2D eigenvalue weighted by atomic mass is 9.49. The molecular formula is C25H34N2O4. The van der Waals surface area contributed by atoms with Crippen LogP contribution in [0.5, 0.6) is 0 Å². The minimum Gasteiger partial charge on any atom is -0.451 e. The van der Waals surface area contributed by atoms with E-state index in [1.54, 1.807) is 0 Å². The molecule has 4 aliphatic carbocycles. The van der Waals surface area contributed by atoms with Gasteiger partial charge in [0.25, 0.3) is 5.91 Å². The van der Waals surface area contributed by atoms with E-state index in [0.29, 0.717) is 12.1 Å². The van der Waals surface area contributed by atoms with Crippen LogP contribution in [-0.4, -0.2) is 30.4 Å². The molecule has 0 spiro atoms. The van der Waals surface area contributed by atoms with E-state index in [-0.39, 0.29) is 17.9 Å². The standard InChI is InChI=1S/C25H34N2O4/c1-3-17-4-6-21(7-5-17)27-24(30)16(2)31-23(29)15-26-22(28)14-25-11-18-8-19(12-25)10-20(9-18)13-25/h4-7,16,18-20H,3,8-15H2,1-2H3,(H,26,28)(H,27,30)/t16-,18?,19?,20?,25?/m0/s1. The molecule has 0 radical (unpaired) electrons. The van der Waals surface area contributed by atoms with Crippen LogP contribution in [0.15, 0.2) is 24.3 Å². The number of amides is 2. The Balaban J connectivity index is 1.19. The highest BCUT2D eigenvalue weighted by atomic mass is 16.5. The second-order valence-electron chi connectivity index (χ2n) is 10.0. The Bertz CT molecular complexity index is 797. The summed E-state index contributed by atoms with van der Waals surface area (Å²) in [5, 5.41) is 5.46. The van der Waals surface area contributed by atoms with Gasteiger partial charge in [0.15, 0.2) is 6.10 Å². The van der Waals surface area contributed by atoms with Crippen LogP contribution >= 0.6 is 0 Å². The Labute approximate surface area is 184 Å². The lowest BCUT2D eigenvalue weighted by molar-refractivity contribution is -0.153. The zero-order chi connectivity index (χ0) is 22.0. The third-order valence-electron chi connectivity index (χ3n) is 7.44. The van der Waals surface area contributed by atoms with Crippen LogP contribution in [0.1, 0.15) is 64.4 Å². The van der Waals surface area contributed by atoms with E-state index in [0.717, 1.165) is 43.4 Å². The molecule has 4 aliphatic rings. The number of aryl methyl sites for hydroxylation is 1. The number of anilines is 1. The van der Waals surface area contributed by atoms with Crippen molar-refractivity contribution in [3.05, 3.63) is 29.8 Å². The van der Waals surface area contributed by atoms with Crippen molar-refractivity contribution in [3.63, 3.8) is 0 Å². The van der Waals surface area contributed by atoms with Gasteiger partial charge in [-0.25, -0.2) is 0 Å². The number of rotatable bonds is 8. The van der Waals surface area contributed by atoms with Gasteiger partial charge in [-0.15, -0.1) is 0 Å². The first-order chi connectivity index (χ1) is 14.8. The second kappa shape index (κ2) is 9.01. The second-order valence-corrected chi connectivity index (χ2v) is 10.0. The first kappa shape index (κ1) is 21.8. The number of carbonyl (C=O) groups is 3. The first-order valence-electron chi connectivity index (χ1n) is 11.7. The SMILES string of the molecule is CCc1ccc(NC(=O)[C@H](C)OC(=O)CNC(=O)CC23CC4CC(CC(C4)C2)C3)cc1. The van der Waals surface area contributed by atoms with E-state index in [1.807, 2.05) is 24.3 Å². The van der Waals surface area contributed by atoms with Gasteiger partial charge in [-0.05, 0) is 92.7 Å². The zero-order valence-corrected chi connectivity index (χ0v) is 18.6. The maximum absolute atomic E-state index is 12.5. The number of hydrogen-bond acceptors (Lipinski definition) is 4. The van der Waals surface area contributed by atoms with E-state index in [4.69, 9.17) is 4.74 Å². The molecule has 6 heteroatoms. The van der Waals surface area contributed by atoms with E-state index in [2.05, 4.69) is 17.6 Å². The summed E-state index contributed by atoms with van der Waals surface area (Å²) in [5.41, 5.74) is 1.99. The fourth-order valence-electron chi connectivity index (χ4n) is 6.44. The monoisotopic (exact) mass is 426 g/mol. The van der Waals surface area contributed by atoms with Crippen molar-refractivity contribution >= 4 is 23.5 Å². The van der Waals surface area contributed by atoms with Crippen molar-refractivity contribution in [2.24, 2.45) is 23.2 Å². The fraction of sp³-hybridized carbons (Fsp3) is 0.640. The smallest absolute Gasteiger partial charge is 0.326 e. The molecule has 4 saturated carbocycles. The molecule has 168 valence electrons. The number of benzene rings is 1. The molecular weight excluding hydrogens is 392 g/mol. The minimum absolute atomic E-state index is 0.0768. The lowest BCUT2D eigenvalue weighted by Crippen LogP contribution is -2.48. The molecule has 4 bridgehead atoms. The summed E-state index contributed by atoms with van der Waals surface area (Å²) in [6.07, 6.45) is 8.01. The number of nitrogens with one attached hydrogen (secondary N) is 2. The van der Waals surface area contributed by atoms with Gasteiger partial charge in [-0.3, -0.25) is 14.4 Å². The van der Waals surface area contributed by atoms with Gasteiger partial charge in [0, 0.05) is 12.1 Å². The Kier molecular flexibility index (Phi) is 6.35. The number of hydrogen-bond donors (Lipinski definition) is 2. The predicted octanol–water partition coefficient (Wildman–Crippen LogP) is 3.84. The van der Waals surface area contributed by atoms with Crippen LogP contribution in [0.25, 0.3) is 0 Å². The largest absolute Gasteiger partial charge is 0.451 e. The molecule has 4 fully saturated rings. The summed E-state index contributed by atoms with van der Waals surface area (Å²) < 4.78 is 5.21. The highest BCUT2D eigenvalue weighted by Crippen LogP contribution is 2.61. The lowest BCUT2D eigenvalue weighted by Gasteiger charge is -2.56. The molecule has 1 aromatic carbocycles. The zero-order valence-electron chi connectivity index (χ0n) is 18.6. The first-order valence-corrected chi connectivity index (χ1v) is 11.7. The highest BCUT2D eigenvalue weighted by molar-refractivity contribution is 5.95. The maximum Gasteiger partial charge on any atom is 0.326 e. The van der Waals surface area contributed by atoms with Crippen molar-refractivity contribution in [1.82, 2.24) is 5.32 Å². The third-order valence-corrected chi connectivity index (χ3v) is 7.44. The fourth-order valence-corrected chi connectivity index (χ4v) is 6.44. The normalized spacial score (nSPS) is 29.3. The van der Waals surface area contributed by atoms with Crippen molar-refractivity contribution in [2.45, 2.75) is 71.3 Å². The van der Waals surface area contributed by atoms with Crippen LogP contribution in [0.3, 0.4) is 0 Å². The van der Waals surface area contributed by atoms with Crippen molar-refractivity contribution in [2.75, 3.05) is 11.9 Å². The van der Waals surface area contributed by atoms with Crippen LogP contribution in [0, 0.1) is 23.2 Å². The highest BCUT2D eigenvalue weighted by Gasteiger charge is 2.51. The summed E-state index contributed by atoms with van der Waals surface area (Å²) in [6.45, 7) is 3.40. The van der Waals surface area contributed by atoms with E-state index >= 15 is 0 Å². The van der Waals surface area contributed by atoms with Crippen molar-refractivity contribution in [3.8, 4) is 0 Å². The predicted molar refractivity (Wildman–Crippen MR) is 118 cm³/mol. The van der Waals surface area contributed by atoms with Crippen LogP contribution in [0.2, 0.25) is 0 Å². The van der Waals surface area contributed by atoms with Gasteiger partial charge in [0.05, 0.1) is 0 Å². The number of ether oxygens (including phenoxy) is 1. The molecule has 0 aliphatic heterocycles. The molecule has 0 saturated heterocycles. The minimum atomic E-state index is -0.932. The molecule has 0 heterocycles. The molecule has 1 aromatic rings. The molecule has 0 aromatic heterocycles. The average molecular weight is 427 g/mol. The van der Waals surface area contributed by atoms with Crippen molar-refractivity contribution in [1.29, 1.82) is 0 Å². The van der Waals surface area contributed by atoms with Gasteiger partial charge in [-0.2, -0.15) is 0 Å². The molecule has 2 N–H and O–H groups in total. The van der Waals surface area contributed by atoms with Crippen LogP contribution in [0.4, 0.5) is 5.69 Å². The van der Waals surface area contributed by atoms with Gasteiger partial charge in [0.1, 0.15) is 6.54 Å². The average Bonchev–Trinajstić information content (AvgIpc) is 2.71. The molecule has 1 atom stereocenters. The Hall–Kier alpha value is -2.37. The summed E-state index contributed by atoms with van der Waals surface area (Å²) in [7, 11) is 0. The summed E-state index contributed by atoms with van der Waals surface area (Å²) in [6, 6.07) is 7.56. The van der Waals surface area contributed by atoms with Gasteiger partial charge in [0.2, 0.25) is 5.91 Å². The molecule has 5 rings (SSSR count). The molecule has 2 amide bonds. The third kappa shape index (κ3) is 5.28. The molecule has 31 heavy (non-hydrogen) atoms. The van der Waals surface area contributed by atoms with Gasteiger partial charge in [-0.1, -0.05) is 19.1 Å². The summed E-state index contributed by atoms with van der Waals surface area (Å²) in [4.78, 5) is 37.0. The van der Waals surface area contributed by atoms with Crippen LogP contribution in [-0.2, 0) is 25.5 Å². The topological polar surface area (TPSA) is 84.5 Å². The maximum atomic E-state index is 12.5. The van der Waals surface area contributed by atoms with E-state index in [1.165, 1.54) is 31.7 Å². The molecule has 6 nitrogen and oxygen atoms in total. The van der Waals surface area contributed by atoms with E-state index < -0.39 is 18.0 Å².